The lowest BCUT2D eigenvalue weighted by Crippen LogP contribution is -2.39. The summed E-state index contributed by atoms with van der Waals surface area (Å²) in [5, 5.41) is 0. The number of pyridine rings is 1. The summed E-state index contributed by atoms with van der Waals surface area (Å²) in [5.74, 6) is 0.822. The molecule has 0 N–H and O–H groups in total. The molecule has 0 radical (unpaired) electrons. The summed E-state index contributed by atoms with van der Waals surface area (Å²) >= 11 is 0. The first-order valence-electron chi connectivity index (χ1n) is 8.31. The number of hydrogen-bond donors (Lipinski definition) is 0. The molecule has 0 saturated carbocycles. The van der Waals surface area contributed by atoms with Crippen molar-refractivity contribution in [3.05, 3.63) is 60.2 Å². The molecule has 24 heavy (non-hydrogen) atoms. The third-order valence-corrected chi connectivity index (χ3v) is 4.38. The second-order valence-corrected chi connectivity index (χ2v) is 6.05. The lowest BCUT2D eigenvalue weighted by atomic mass is 9.94. The molecule has 0 aliphatic carbocycles. The Morgan fingerprint density at radius 1 is 1.21 bits per heavy atom. The Morgan fingerprint density at radius 3 is 2.75 bits per heavy atom. The molecule has 1 aromatic heterocycles. The van der Waals surface area contributed by atoms with E-state index in [1.165, 1.54) is 12.1 Å². The molecular formula is C19H21FN2O2. The van der Waals surface area contributed by atoms with Gasteiger partial charge >= 0.3 is 0 Å². The third-order valence-electron chi connectivity index (χ3n) is 4.38. The van der Waals surface area contributed by atoms with Crippen molar-refractivity contribution in [1.82, 2.24) is 9.88 Å². The summed E-state index contributed by atoms with van der Waals surface area (Å²) in [4.78, 5) is 18.3. The van der Waals surface area contributed by atoms with Gasteiger partial charge < -0.3 is 9.64 Å². The zero-order valence-electron chi connectivity index (χ0n) is 13.5. The van der Waals surface area contributed by atoms with Crippen LogP contribution in [0.5, 0.6) is 5.75 Å². The van der Waals surface area contributed by atoms with E-state index >= 15 is 0 Å². The lowest BCUT2D eigenvalue weighted by Gasteiger charge is -2.31. The van der Waals surface area contributed by atoms with Crippen LogP contribution < -0.4 is 4.74 Å². The van der Waals surface area contributed by atoms with Gasteiger partial charge in [0, 0.05) is 25.4 Å². The number of hydrogen-bond acceptors (Lipinski definition) is 3. The number of carbonyl (C=O) groups is 1. The predicted molar refractivity (Wildman–Crippen MR) is 89.4 cm³/mol. The third kappa shape index (κ3) is 4.31. The van der Waals surface area contributed by atoms with Gasteiger partial charge in [0.25, 0.3) is 5.91 Å². The summed E-state index contributed by atoms with van der Waals surface area (Å²) in [6.45, 7) is 2.07. The summed E-state index contributed by atoms with van der Waals surface area (Å²) in [6, 6.07) is 11.6. The monoisotopic (exact) mass is 328 g/mol. The number of nitrogens with zero attached hydrogens (tertiary/aromatic N) is 2. The van der Waals surface area contributed by atoms with E-state index < -0.39 is 0 Å². The molecule has 4 nitrogen and oxygen atoms in total. The highest BCUT2D eigenvalue weighted by Crippen LogP contribution is 2.22. The Morgan fingerprint density at radius 2 is 2.04 bits per heavy atom. The summed E-state index contributed by atoms with van der Waals surface area (Å²) < 4.78 is 18.7. The molecule has 126 valence electrons. The molecule has 0 spiro atoms. The van der Waals surface area contributed by atoms with Gasteiger partial charge in [-0.1, -0.05) is 12.1 Å². The zero-order chi connectivity index (χ0) is 16.8. The van der Waals surface area contributed by atoms with E-state index in [-0.39, 0.29) is 11.7 Å². The van der Waals surface area contributed by atoms with Crippen molar-refractivity contribution in [2.24, 2.45) is 5.92 Å². The lowest BCUT2D eigenvalue weighted by molar-refractivity contribution is 0.0674. The minimum atomic E-state index is -0.283. The smallest absolute Gasteiger partial charge is 0.272 e. The van der Waals surface area contributed by atoms with Gasteiger partial charge in [0.15, 0.2) is 0 Å². The number of carbonyl (C=O) groups excluding carboxylic acids is 1. The quantitative estimate of drug-likeness (QED) is 0.843. The maximum absolute atomic E-state index is 13.1. The number of amides is 1. The fourth-order valence-corrected chi connectivity index (χ4v) is 2.98. The molecule has 1 fully saturated rings. The highest BCUT2D eigenvalue weighted by Gasteiger charge is 2.24. The number of piperidine rings is 1. The maximum atomic E-state index is 13.1. The minimum absolute atomic E-state index is 0.00469. The Balaban J connectivity index is 1.41. The van der Waals surface area contributed by atoms with Crippen molar-refractivity contribution in [3.8, 4) is 5.75 Å². The molecule has 1 saturated heterocycles. The van der Waals surface area contributed by atoms with Crippen molar-refractivity contribution < 1.29 is 13.9 Å². The fraction of sp³-hybridized carbons (Fsp3) is 0.368. The molecule has 0 unspecified atom stereocenters. The van der Waals surface area contributed by atoms with Crippen molar-refractivity contribution >= 4 is 5.91 Å². The largest absolute Gasteiger partial charge is 0.493 e. The summed E-state index contributed by atoms with van der Waals surface area (Å²) in [5.41, 5.74) is 0.505. The summed E-state index contributed by atoms with van der Waals surface area (Å²) in [6.07, 6.45) is 4.49. The Bertz CT molecular complexity index is 670. The van der Waals surface area contributed by atoms with E-state index in [1.54, 1.807) is 24.4 Å². The predicted octanol–water partition coefficient (Wildman–Crippen LogP) is 3.54. The van der Waals surface area contributed by atoms with Gasteiger partial charge in [-0.15, -0.1) is 0 Å². The van der Waals surface area contributed by atoms with Crippen LogP contribution >= 0.6 is 0 Å². The SMILES string of the molecule is O=C(c1ccccn1)N1CCC(CCOc2cccc(F)c2)CC1. The van der Waals surface area contributed by atoms with Crippen molar-refractivity contribution in [3.63, 3.8) is 0 Å². The van der Waals surface area contributed by atoms with E-state index in [4.69, 9.17) is 4.74 Å². The van der Waals surface area contributed by atoms with Crippen LogP contribution in [0.4, 0.5) is 4.39 Å². The van der Waals surface area contributed by atoms with Crippen LogP contribution in [0.3, 0.4) is 0 Å². The Hall–Kier alpha value is -2.43. The second kappa shape index (κ2) is 7.90. The number of ether oxygens (including phenoxy) is 1. The van der Waals surface area contributed by atoms with Gasteiger partial charge in [0.05, 0.1) is 6.61 Å². The van der Waals surface area contributed by atoms with Gasteiger partial charge in [-0.3, -0.25) is 9.78 Å². The van der Waals surface area contributed by atoms with Gasteiger partial charge in [-0.2, -0.15) is 0 Å². The molecule has 1 aromatic carbocycles. The molecule has 1 aliphatic rings. The second-order valence-electron chi connectivity index (χ2n) is 6.05. The van der Waals surface area contributed by atoms with E-state index in [9.17, 15) is 9.18 Å². The number of aromatic nitrogens is 1. The molecular weight excluding hydrogens is 307 g/mol. The number of benzene rings is 1. The summed E-state index contributed by atoms with van der Waals surface area (Å²) in [7, 11) is 0. The van der Waals surface area contributed by atoms with E-state index in [0.717, 1.165) is 32.4 Å². The van der Waals surface area contributed by atoms with Crippen molar-refractivity contribution in [1.29, 1.82) is 0 Å². The van der Waals surface area contributed by atoms with Crippen LogP contribution in [0, 0.1) is 11.7 Å². The maximum Gasteiger partial charge on any atom is 0.272 e. The van der Waals surface area contributed by atoms with Crippen LogP contribution in [0.1, 0.15) is 29.8 Å². The molecule has 5 heteroatoms. The van der Waals surface area contributed by atoms with Crippen LogP contribution in [-0.4, -0.2) is 35.5 Å². The van der Waals surface area contributed by atoms with Crippen LogP contribution in [0.25, 0.3) is 0 Å². The molecule has 0 bridgehead atoms. The minimum Gasteiger partial charge on any atom is -0.493 e. The van der Waals surface area contributed by atoms with Gasteiger partial charge in [0.1, 0.15) is 17.3 Å². The number of rotatable bonds is 5. The zero-order valence-corrected chi connectivity index (χ0v) is 13.5. The topological polar surface area (TPSA) is 42.4 Å². The van der Waals surface area contributed by atoms with Crippen LogP contribution in [0.15, 0.2) is 48.7 Å². The first kappa shape index (κ1) is 16.4. The Kier molecular flexibility index (Phi) is 5.41. The normalized spacial score (nSPS) is 15.3. The van der Waals surface area contributed by atoms with Crippen LogP contribution in [-0.2, 0) is 0 Å². The van der Waals surface area contributed by atoms with Crippen molar-refractivity contribution in [2.45, 2.75) is 19.3 Å². The van der Waals surface area contributed by atoms with E-state index in [0.29, 0.717) is 24.0 Å². The van der Waals surface area contributed by atoms with E-state index in [2.05, 4.69) is 4.98 Å². The number of likely N-dealkylation sites (tertiary alicyclic amines) is 1. The average molecular weight is 328 g/mol. The molecule has 0 atom stereocenters. The highest BCUT2D eigenvalue weighted by molar-refractivity contribution is 5.92. The molecule has 2 heterocycles. The van der Waals surface area contributed by atoms with Crippen LogP contribution in [0.2, 0.25) is 0 Å². The first-order valence-corrected chi connectivity index (χ1v) is 8.31. The molecule has 1 aliphatic heterocycles. The van der Waals surface area contributed by atoms with E-state index in [1.807, 2.05) is 17.0 Å². The fourth-order valence-electron chi connectivity index (χ4n) is 2.98. The molecule has 2 aromatic rings. The average Bonchev–Trinajstić information content (AvgIpc) is 2.63. The molecule has 1 amide bonds. The Labute approximate surface area is 141 Å². The standard InChI is InChI=1S/C19H21FN2O2/c20-16-4-3-5-17(14-16)24-13-9-15-7-11-22(12-8-15)19(23)18-6-1-2-10-21-18/h1-6,10,14-15H,7-9,11-13H2. The molecule has 3 rings (SSSR count). The van der Waals surface area contributed by atoms with Gasteiger partial charge in [0.2, 0.25) is 0 Å². The highest BCUT2D eigenvalue weighted by atomic mass is 19.1. The van der Waals surface area contributed by atoms with Crippen molar-refractivity contribution in [2.75, 3.05) is 19.7 Å². The number of halogens is 1. The first-order chi connectivity index (χ1) is 11.7. The van der Waals surface area contributed by atoms with Gasteiger partial charge in [-0.25, -0.2) is 4.39 Å². The van der Waals surface area contributed by atoms with Gasteiger partial charge in [-0.05, 0) is 49.4 Å².